The van der Waals surface area contributed by atoms with E-state index in [-0.39, 0.29) is 6.42 Å². The second kappa shape index (κ2) is 4.41. The predicted molar refractivity (Wildman–Crippen MR) is 64.7 cm³/mol. The summed E-state index contributed by atoms with van der Waals surface area (Å²) in [4.78, 5) is 10.8. The van der Waals surface area contributed by atoms with Gasteiger partial charge >= 0.3 is 5.97 Å². The number of carboxylic acid groups (broad SMARTS) is 1. The summed E-state index contributed by atoms with van der Waals surface area (Å²) >= 11 is 0. The van der Waals surface area contributed by atoms with Gasteiger partial charge in [-0.15, -0.1) is 0 Å². The van der Waals surface area contributed by atoms with Crippen LogP contribution in [0, 0.1) is 6.92 Å². The first-order chi connectivity index (χ1) is 8.09. The lowest BCUT2D eigenvalue weighted by atomic mass is 10.00. The Balaban J connectivity index is 2.53. The van der Waals surface area contributed by atoms with Gasteiger partial charge in [0.05, 0.1) is 18.3 Å². The van der Waals surface area contributed by atoms with E-state index in [0.29, 0.717) is 0 Å². The van der Waals surface area contributed by atoms with Crippen molar-refractivity contribution in [2.45, 2.75) is 13.3 Å². The first-order valence-electron chi connectivity index (χ1n) is 5.38. The molecule has 1 heterocycles. The summed E-state index contributed by atoms with van der Waals surface area (Å²) < 4.78 is 1.62. The van der Waals surface area contributed by atoms with Crippen LogP contribution in [0.25, 0.3) is 11.1 Å². The average molecular weight is 230 g/mol. The van der Waals surface area contributed by atoms with Crippen molar-refractivity contribution in [3.8, 4) is 11.1 Å². The van der Waals surface area contributed by atoms with Crippen LogP contribution in [0.2, 0.25) is 0 Å². The number of aromatic nitrogens is 2. The topological polar surface area (TPSA) is 55.1 Å². The molecule has 1 aromatic heterocycles. The predicted octanol–water partition coefficient (Wildman–Crippen LogP) is 2.02. The highest BCUT2D eigenvalue weighted by Crippen LogP contribution is 2.26. The molecule has 17 heavy (non-hydrogen) atoms. The second-order valence-electron chi connectivity index (χ2n) is 4.01. The summed E-state index contributed by atoms with van der Waals surface area (Å²) in [6, 6.07) is 7.90. The summed E-state index contributed by atoms with van der Waals surface area (Å²) in [6.07, 6.45) is 1.71. The van der Waals surface area contributed by atoms with Gasteiger partial charge < -0.3 is 5.11 Å². The number of benzene rings is 1. The van der Waals surface area contributed by atoms with E-state index in [0.717, 1.165) is 22.4 Å². The molecule has 0 aliphatic carbocycles. The molecule has 0 radical (unpaired) electrons. The maximum Gasteiger partial charge on any atom is 0.309 e. The molecular formula is C13H14N2O2. The molecule has 4 nitrogen and oxygen atoms in total. The van der Waals surface area contributed by atoms with Gasteiger partial charge in [0.15, 0.2) is 0 Å². The van der Waals surface area contributed by atoms with E-state index in [1.165, 1.54) is 0 Å². The SMILES string of the molecule is Cc1ccccc1-c1cnn(C)c1CC(=O)O. The minimum atomic E-state index is -0.844. The Labute approximate surface area is 99.5 Å². The van der Waals surface area contributed by atoms with Crippen LogP contribution < -0.4 is 0 Å². The molecule has 4 heteroatoms. The molecule has 2 aromatic rings. The Morgan fingerprint density at radius 1 is 1.35 bits per heavy atom. The van der Waals surface area contributed by atoms with Crippen molar-refractivity contribution < 1.29 is 9.90 Å². The van der Waals surface area contributed by atoms with Crippen LogP contribution in [0.1, 0.15) is 11.3 Å². The van der Waals surface area contributed by atoms with Crippen LogP contribution in [0.15, 0.2) is 30.5 Å². The van der Waals surface area contributed by atoms with Gasteiger partial charge in [0, 0.05) is 12.6 Å². The van der Waals surface area contributed by atoms with Crippen LogP contribution in [-0.2, 0) is 18.3 Å². The number of hydrogen-bond donors (Lipinski definition) is 1. The molecular weight excluding hydrogens is 216 g/mol. The summed E-state index contributed by atoms with van der Waals surface area (Å²) in [7, 11) is 1.76. The number of rotatable bonds is 3. The zero-order valence-electron chi connectivity index (χ0n) is 9.84. The van der Waals surface area contributed by atoms with Gasteiger partial charge in [0.2, 0.25) is 0 Å². The molecule has 0 aliphatic heterocycles. The zero-order chi connectivity index (χ0) is 12.4. The van der Waals surface area contributed by atoms with E-state index in [1.807, 2.05) is 31.2 Å². The van der Waals surface area contributed by atoms with E-state index in [4.69, 9.17) is 5.11 Å². The van der Waals surface area contributed by atoms with Crippen molar-refractivity contribution in [1.29, 1.82) is 0 Å². The van der Waals surface area contributed by atoms with Crippen molar-refractivity contribution in [3.63, 3.8) is 0 Å². The van der Waals surface area contributed by atoms with E-state index < -0.39 is 5.97 Å². The first-order valence-corrected chi connectivity index (χ1v) is 5.38. The largest absolute Gasteiger partial charge is 0.481 e. The molecule has 0 saturated carbocycles. The van der Waals surface area contributed by atoms with Gasteiger partial charge in [0.1, 0.15) is 0 Å². The van der Waals surface area contributed by atoms with Crippen molar-refractivity contribution in [2.24, 2.45) is 7.05 Å². The molecule has 1 N–H and O–H groups in total. The standard InChI is InChI=1S/C13H14N2O2/c1-9-5-3-4-6-10(9)11-8-14-15(2)12(11)7-13(16)17/h3-6,8H,7H2,1-2H3,(H,16,17). The molecule has 0 atom stereocenters. The molecule has 88 valence electrons. The third-order valence-corrected chi connectivity index (χ3v) is 2.82. The van der Waals surface area contributed by atoms with Crippen molar-refractivity contribution in [3.05, 3.63) is 41.7 Å². The van der Waals surface area contributed by atoms with Gasteiger partial charge in [-0.25, -0.2) is 0 Å². The Kier molecular flexibility index (Phi) is 2.95. The molecule has 0 bridgehead atoms. The normalized spacial score (nSPS) is 10.5. The summed E-state index contributed by atoms with van der Waals surface area (Å²) in [5, 5.41) is 13.0. The zero-order valence-corrected chi connectivity index (χ0v) is 9.84. The van der Waals surface area contributed by atoms with Gasteiger partial charge in [-0.3, -0.25) is 9.48 Å². The molecule has 0 amide bonds. The monoisotopic (exact) mass is 230 g/mol. The molecule has 0 unspecified atom stereocenters. The third kappa shape index (κ3) is 2.20. The van der Waals surface area contributed by atoms with E-state index in [9.17, 15) is 4.79 Å². The Hall–Kier alpha value is -2.10. The molecule has 0 fully saturated rings. The van der Waals surface area contributed by atoms with Gasteiger partial charge in [-0.1, -0.05) is 24.3 Å². The van der Waals surface area contributed by atoms with Crippen LogP contribution in [-0.4, -0.2) is 20.9 Å². The van der Waals surface area contributed by atoms with Gasteiger partial charge in [-0.2, -0.15) is 5.10 Å². The third-order valence-electron chi connectivity index (χ3n) is 2.82. The highest BCUT2D eigenvalue weighted by molar-refractivity contribution is 5.76. The Bertz CT molecular complexity index is 558. The molecule has 0 aliphatic rings. The van der Waals surface area contributed by atoms with Crippen LogP contribution in [0.5, 0.6) is 0 Å². The maximum atomic E-state index is 10.8. The highest BCUT2D eigenvalue weighted by atomic mass is 16.4. The van der Waals surface area contributed by atoms with Crippen LogP contribution in [0.4, 0.5) is 0 Å². The number of carboxylic acids is 1. The fourth-order valence-corrected chi connectivity index (χ4v) is 1.92. The summed E-state index contributed by atoms with van der Waals surface area (Å²) in [5.41, 5.74) is 3.78. The van der Waals surface area contributed by atoms with Crippen molar-refractivity contribution in [1.82, 2.24) is 9.78 Å². The number of aliphatic carboxylic acids is 1. The number of hydrogen-bond acceptors (Lipinski definition) is 2. The molecule has 0 spiro atoms. The highest BCUT2D eigenvalue weighted by Gasteiger charge is 2.14. The molecule has 0 saturated heterocycles. The van der Waals surface area contributed by atoms with Crippen molar-refractivity contribution >= 4 is 5.97 Å². The minimum Gasteiger partial charge on any atom is -0.481 e. The molecule has 2 rings (SSSR count). The lowest BCUT2D eigenvalue weighted by Gasteiger charge is -2.06. The Morgan fingerprint density at radius 3 is 2.71 bits per heavy atom. The maximum absolute atomic E-state index is 10.8. The van der Waals surface area contributed by atoms with Gasteiger partial charge in [-0.05, 0) is 18.1 Å². The van der Waals surface area contributed by atoms with E-state index >= 15 is 0 Å². The average Bonchev–Trinajstić information content (AvgIpc) is 2.61. The number of nitrogens with zero attached hydrogens (tertiary/aromatic N) is 2. The lowest BCUT2D eigenvalue weighted by Crippen LogP contribution is -2.07. The lowest BCUT2D eigenvalue weighted by molar-refractivity contribution is -0.136. The smallest absolute Gasteiger partial charge is 0.309 e. The van der Waals surface area contributed by atoms with E-state index in [2.05, 4.69) is 5.10 Å². The fourth-order valence-electron chi connectivity index (χ4n) is 1.92. The Morgan fingerprint density at radius 2 is 2.06 bits per heavy atom. The quantitative estimate of drug-likeness (QED) is 0.877. The fraction of sp³-hybridized carbons (Fsp3) is 0.231. The van der Waals surface area contributed by atoms with Crippen LogP contribution >= 0.6 is 0 Å². The summed E-state index contributed by atoms with van der Waals surface area (Å²) in [5.74, 6) is -0.844. The number of carbonyl (C=O) groups is 1. The van der Waals surface area contributed by atoms with Gasteiger partial charge in [0.25, 0.3) is 0 Å². The summed E-state index contributed by atoms with van der Waals surface area (Å²) in [6.45, 7) is 2.01. The molecule has 1 aromatic carbocycles. The van der Waals surface area contributed by atoms with Crippen LogP contribution in [0.3, 0.4) is 0 Å². The first kappa shape index (κ1) is 11.4. The second-order valence-corrected chi connectivity index (χ2v) is 4.01. The number of aryl methyl sites for hydroxylation is 2. The van der Waals surface area contributed by atoms with Crippen molar-refractivity contribution in [2.75, 3.05) is 0 Å². The van der Waals surface area contributed by atoms with E-state index in [1.54, 1.807) is 17.9 Å². The minimum absolute atomic E-state index is 0.0137.